The van der Waals surface area contributed by atoms with Crippen LogP contribution in [0.15, 0.2) is 12.1 Å². The smallest absolute Gasteiger partial charge is 0.269 e. The number of nitrogens with zero attached hydrogens (tertiary/aromatic N) is 2. The van der Waals surface area contributed by atoms with Gasteiger partial charge in [-0.1, -0.05) is 0 Å². The van der Waals surface area contributed by atoms with Crippen molar-refractivity contribution in [2.24, 2.45) is 5.73 Å². The Labute approximate surface area is 104 Å². The predicted octanol–water partition coefficient (Wildman–Crippen LogP) is -0.473. The minimum atomic E-state index is -0.899. The van der Waals surface area contributed by atoms with Gasteiger partial charge in [-0.05, 0) is 19.1 Å². The summed E-state index contributed by atoms with van der Waals surface area (Å²) in [6, 6.07) is 3.08. The lowest BCUT2D eigenvalue weighted by Crippen LogP contribution is -2.43. The summed E-state index contributed by atoms with van der Waals surface area (Å²) in [6.07, 6.45) is 0.358. The van der Waals surface area contributed by atoms with E-state index in [-0.39, 0.29) is 11.8 Å². The van der Waals surface area contributed by atoms with Gasteiger partial charge in [0.05, 0.1) is 6.10 Å². The minimum absolute atomic E-state index is 0.108. The molecule has 0 radical (unpaired) electrons. The molecule has 1 saturated heterocycles. The van der Waals surface area contributed by atoms with E-state index in [1.54, 1.807) is 6.07 Å². The topological polar surface area (TPSA) is 110 Å². The minimum Gasteiger partial charge on any atom is -0.385 e. The first-order valence-corrected chi connectivity index (χ1v) is 5.73. The molecule has 2 rings (SSSR count). The summed E-state index contributed by atoms with van der Waals surface area (Å²) in [5.74, 6) is -0.141. The molecule has 1 aromatic heterocycles. The highest BCUT2D eigenvalue weighted by Gasteiger charge is 2.39. The fourth-order valence-electron chi connectivity index (χ4n) is 1.80. The molecule has 18 heavy (non-hydrogen) atoms. The number of carbonyl (C=O) groups excluding carboxylic acids is 1. The maximum atomic E-state index is 10.8. The second kappa shape index (κ2) is 4.87. The second-order valence-corrected chi connectivity index (χ2v) is 4.39. The molecule has 0 aromatic carbocycles. The molecule has 0 bridgehead atoms. The first-order chi connectivity index (χ1) is 8.51. The van der Waals surface area contributed by atoms with Crippen LogP contribution in [0.25, 0.3) is 0 Å². The third kappa shape index (κ3) is 2.57. The Morgan fingerprint density at radius 3 is 2.94 bits per heavy atom. The average molecular weight is 252 g/mol. The number of nitrogens with one attached hydrogen (secondary N) is 1. The summed E-state index contributed by atoms with van der Waals surface area (Å²) in [4.78, 5) is 10.8. The number of amides is 1. The number of anilines is 1. The molecule has 7 heteroatoms. The maximum Gasteiger partial charge on any atom is 0.269 e. The van der Waals surface area contributed by atoms with Crippen LogP contribution in [-0.2, 0) is 4.74 Å². The molecule has 0 saturated carbocycles. The van der Waals surface area contributed by atoms with Crippen molar-refractivity contribution in [2.75, 3.05) is 18.5 Å². The van der Waals surface area contributed by atoms with Crippen LogP contribution in [0.1, 0.15) is 23.8 Å². The normalized spacial score (nSPS) is 27.1. The lowest BCUT2D eigenvalue weighted by atomic mass is 9.97. The molecule has 2 unspecified atom stereocenters. The quantitative estimate of drug-likeness (QED) is 0.668. The Bertz CT molecular complexity index is 436. The van der Waals surface area contributed by atoms with E-state index < -0.39 is 11.5 Å². The number of hydrogen-bond acceptors (Lipinski definition) is 6. The summed E-state index contributed by atoms with van der Waals surface area (Å²) < 4.78 is 5.32. The van der Waals surface area contributed by atoms with Crippen molar-refractivity contribution >= 4 is 11.7 Å². The van der Waals surface area contributed by atoms with Crippen molar-refractivity contribution in [2.45, 2.75) is 25.0 Å². The molecular weight excluding hydrogens is 236 g/mol. The van der Waals surface area contributed by atoms with Crippen molar-refractivity contribution < 1.29 is 14.6 Å². The zero-order valence-corrected chi connectivity index (χ0v) is 10.1. The lowest BCUT2D eigenvalue weighted by Gasteiger charge is -2.26. The summed E-state index contributed by atoms with van der Waals surface area (Å²) >= 11 is 0. The van der Waals surface area contributed by atoms with E-state index in [0.717, 1.165) is 0 Å². The number of nitrogens with two attached hydrogens (primary N) is 1. The van der Waals surface area contributed by atoms with Gasteiger partial charge in [0.2, 0.25) is 0 Å². The Morgan fingerprint density at radius 2 is 2.44 bits per heavy atom. The van der Waals surface area contributed by atoms with E-state index in [2.05, 4.69) is 15.5 Å². The van der Waals surface area contributed by atoms with Gasteiger partial charge in [-0.3, -0.25) is 4.79 Å². The van der Waals surface area contributed by atoms with Gasteiger partial charge in [0.1, 0.15) is 11.4 Å². The van der Waals surface area contributed by atoms with Gasteiger partial charge in [0.15, 0.2) is 5.69 Å². The van der Waals surface area contributed by atoms with Gasteiger partial charge in [0.25, 0.3) is 5.91 Å². The van der Waals surface area contributed by atoms with Crippen LogP contribution in [0.5, 0.6) is 0 Å². The van der Waals surface area contributed by atoms with Crippen molar-refractivity contribution in [3.8, 4) is 0 Å². The number of hydrogen-bond donors (Lipinski definition) is 3. The fourth-order valence-corrected chi connectivity index (χ4v) is 1.80. The largest absolute Gasteiger partial charge is 0.385 e. The number of primary amides is 1. The van der Waals surface area contributed by atoms with Gasteiger partial charge in [-0.25, -0.2) is 0 Å². The number of carbonyl (C=O) groups is 1. The molecule has 98 valence electrons. The Balaban J connectivity index is 1.96. The van der Waals surface area contributed by atoms with E-state index in [1.807, 2.05) is 6.92 Å². The summed E-state index contributed by atoms with van der Waals surface area (Å²) in [7, 11) is 0. The molecule has 0 aliphatic carbocycles. The first-order valence-electron chi connectivity index (χ1n) is 5.73. The van der Waals surface area contributed by atoms with Crippen LogP contribution >= 0.6 is 0 Å². The van der Waals surface area contributed by atoms with Crippen molar-refractivity contribution in [1.29, 1.82) is 0 Å². The third-order valence-electron chi connectivity index (χ3n) is 3.15. The zero-order chi connectivity index (χ0) is 13.2. The fraction of sp³-hybridized carbons (Fsp3) is 0.545. The second-order valence-electron chi connectivity index (χ2n) is 4.39. The summed E-state index contributed by atoms with van der Waals surface area (Å²) in [6.45, 7) is 2.70. The van der Waals surface area contributed by atoms with Gasteiger partial charge in [-0.2, -0.15) is 0 Å². The van der Waals surface area contributed by atoms with Gasteiger partial charge in [-0.15, -0.1) is 10.2 Å². The number of ether oxygens (including phenoxy) is 1. The number of aromatic nitrogens is 2. The molecule has 7 nitrogen and oxygen atoms in total. The molecule has 4 N–H and O–H groups in total. The standard InChI is InChI=1S/C11H16N4O3/c1-7-11(17,4-5-18-7)6-13-9-3-2-8(10(12)16)14-15-9/h2-3,7,17H,4-6H2,1H3,(H2,12,16)(H,13,15). The van der Waals surface area contributed by atoms with E-state index in [9.17, 15) is 9.90 Å². The maximum absolute atomic E-state index is 10.8. The SMILES string of the molecule is CC1OCCC1(O)CNc1ccc(C(N)=O)nn1. The third-order valence-corrected chi connectivity index (χ3v) is 3.15. The average Bonchev–Trinajstić information content (AvgIpc) is 2.68. The lowest BCUT2D eigenvalue weighted by molar-refractivity contribution is -0.0176. The van der Waals surface area contributed by atoms with Gasteiger partial charge < -0.3 is 20.9 Å². The van der Waals surface area contributed by atoms with E-state index >= 15 is 0 Å². The molecule has 2 atom stereocenters. The van der Waals surface area contributed by atoms with Crippen LogP contribution in [0.4, 0.5) is 5.82 Å². The molecule has 1 aromatic rings. The van der Waals surface area contributed by atoms with Crippen LogP contribution in [0.3, 0.4) is 0 Å². The highest BCUT2D eigenvalue weighted by molar-refractivity contribution is 5.90. The zero-order valence-electron chi connectivity index (χ0n) is 10.1. The monoisotopic (exact) mass is 252 g/mol. The van der Waals surface area contributed by atoms with Crippen molar-refractivity contribution in [3.63, 3.8) is 0 Å². The molecule has 1 aliphatic rings. The van der Waals surface area contributed by atoms with Gasteiger partial charge in [0, 0.05) is 19.6 Å². The highest BCUT2D eigenvalue weighted by Crippen LogP contribution is 2.25. The summed E-state index contributed by atoms with van der Waals surface area (Å²) in [5.41, 5.74) is 4.27. The molecule has 1 amide bonds. The Kier molecular flexibility index (Phi) is 3.44. The van der Waals surface area contributed by atoms with E-state index in [0.29, 0.717) is 25.4 Å². The van der Waals surface area contributed by atoms with Crippen LogP contribution in [-0.4, -0.2) is 46.1 Å². The molecule has 0 spiro atoms. The number of aliphatic hydroxyl groups is 1. The van der Waals surface area contributed by atoms with Crippen molar-refractivity contribution in [3.05, 3.63) is 17.8 Å². The van der Waals surface area contributed by atoms with Gasteiger partial charge >= 0.3 is 0 Å². The first kappa shape index (κ1) is 12.7. The van der Waals surface area contributed by atoms with Crippen molar-refractivity contribution in [1.82, 2.24) is 10.2 Å². The molecule has 1 fully saturated rings. The predicted molar refractivity (Wildman–Crippen MR) is 64.0 cm³/mol. The Hall–Kier alpha value is -1.73. The van der Waals surface area contributed by atoms with Crippen LogP contribution in [0, 0.1) is 0 Å². The van der Waals surface area contributed by atoms with E-state index in [1.165, 1.54) is 6.07 Å². The van der Waals surface area contributed by atoms with Crippen LogP contribution < -0.4 is 11.1 Å². The highest BCUT2D eigenvalue weighted by atomic mass is 16.5. The molecule has 2 heterocycles. The molecule has 1 aliphatic heterocycles. The number of rotatable bonds is 4. The van der Waals surface area contributed by atoms with E-state index in [4.69, 9.17) is 10.5 Å². The molecular formula is C11H16N4O3. The van der Waals surface area contributed by atoms with Crippen LogP contribution in [0.2, 0.25) is 0 Å². The Morgan fingerprint density at radius 1 is 1.67 bits per heavy atom. The summed E-state index contributed by atoms with van der Waals surface area (Å²) in [5, 5.41) is 20.7.